The van der Waals surface area contributed by atoms with Crippen LogP contribution in [-0.2, 0) is 0 Å². The number of nitrogens with zero attached hydrogens (tertiary/aromatic N) is 1. The van der Waals surface area contributed by atoms with Crippen LogP contribution in [0.2, 0.25) is 6.04 Å². The molecule has 1 radical (unpaired) electrons. The average Bonchev–Trinajstić information content (AvgIpc) is 2.52. The summed E-state index contributed by atoms with van der Waals surface area (Å²) in [7, 11) is -2.04. The van der Waals surface area contributed by atoms with Crippen LogP contribution in [-0.4, -0.2) is 51.0 Å². The maximum Gasteiger partial charge on any atom is 0.317 e. The first-order valence-electron chi connectivity index (χ1n) is 4.38. The largest absolute Gasteiger partial charge is 0.397 e. The van der Waals surface area contributed by atoms with Crippen LogP contribution >= 0.6 is 0 Å². The van der Waals surface area contributed by atoms with E-state index < -0.39 is 9.13 Å². The molecule has 0 atom stereocenters. The second kappa shape index (κ2) is 5.18. The number of halogens is 1. The van der Waals surface area contributed by atoms with Gasteiger partial charge < -0.3 is 19.4 Å². The number of carbonyl (C=O) groups excluding carboxylic acids is 1. The van der Waals surface area contributed by atoms with Gasteiger partial charge in [-0.2, -0.15) is 0 Å². The van der Waals surface area contributed by atoms with Crippen LogP contribution < -0.4 is 5.32 Å². The van der Waals surface area contributed by atoms with Crippen LogP contribution in [0.5, 0.6) is 0 Å². The quantitative estimate of drug-likeness (QED) is 0.486. The monoisotopic (exact) mass is 205 g/mol. The number of amides is 2. The van der Waals surface area contributed by atoms with Crippen molar-refractivity contribution in [3.8, 4) is 0 Å². The summed E-state index contributed by atoms with van der Waals surface area (Å²) in [4.78, 5) is 12.7. The molecule has 0 bridgehead atoms. The summed E-state index contributed by atoms with van der Waals surface area (Å²) in [5.41, 5.74) is 0. The van der Waals surface area contributed by atoms with E-state index in [9.17, 15) is 8.90 Å². The predicted octanol–water partition coefficient (Wildman–Crippen LogP) is -0.106. The van der Waals surface area contributed by atoms with E-state index in [0.29, 0.717) is 32.1 Å². The third kappa shape index (κ3) is 3.31. The van der Waals surface area contributed by atoms with Crippen molar-refractivity contribution < 1.29 is 14.0 Å². The summed E-state index contributed by atoms with van der Waals surface area (Å²) in [6, 6.07) is 0.363. The maximum atomic E-state index is 12.6. The molecule has 1 fully saturated rings. The molecule has 1 aliphatic rings. The van der Waals surface area contributed by atoms with E-state index in [1.807, 2.05) is 0 Å². The molecule has 2 N–H and O–H groups in total. The van der Waals surface area contributed by atoms with Crippen LogP contribution in [0.4, 0.5) is 8.90 Å². The van der Waals surface area contributed by atoms with Gasteiger partial charge in [-0.3, -0.25) is 0 Å². The molecule has 0 saturated carbocycles. The standard InChI is InChI=1S/C7H14FN2O2Si/c8-13(6-11)5-1-3-10-4-2-9-7(10)12/h11H,1-6H2,(H,9,12). The molecule has 6 heteroatoms. The van der Waals surface area contributed by atoms with Crippen molar-refractivity contribution in [3.63, 3.8) is 0 Å². The highest BCUT2D eigenvalue weighted by atomic mass is 28.3. The first kappa shape index (κ1) is 10.5. The van der Waals surface area contributed by atoms with E-state index in [1.165, 1.54) is 0 Å². The van der Waals surface area contributed by atoms with Gasteiger partial charge in [0.25, 0.3) is 9.13 Å². The van der Waals surface area contributed by atoms with Crippen LogP contribution in [0, 0.1) is 0 Å². The van der Waals surface area contributed by atoms with Gasteiger partial charge in [-0.15, -0.1) is 0 Å². The smallest absolute Gasteiger partial charge is 0.317 e. The van der Waals surface area contributed by atoms with Gasteiger partial charge in [-0.25, -0.2) is 4.79 Å². The molecule has 0 unspecified atom stereocenters. The fraction of sp³-hybridized carbons (Fsp3) is 0.857. The molecule has 1 saturated heterocycles. The number of nitrogens with one attached hydrogen (secondary N) is 1. The number of rotatable bonds is 5. The van der Waals surface area contributed by atoms with Crippen LogP contribution in [0.1, 0.15) is 6.42 Å². The molecule has 0 aromatic rings. The fourth-order valence-corrected chi connectivity index (χ4v) is 1.97. The molecular formula is C7H14FN2O2Si. The zero-order chi connectivity index (χ0) is 9.68. The van der Waals surface area contributed by atoms with E-state index in [-0.39, 0.29) is 12.3 Å². The summed E-state index contributed by atoms with van der Waals surface area (Å²) >= 11 is 0. The zero-order valence-corrected chi connectivity index (χ0v) is 8.42. The van der Waals surface area contributed by atoms with E-state index in [0.717, 1.165) is 0 Å². The van der Waals surface area contributed by atoms with E-state index in [2.05, 4.69) is 5.32 Å². The van der Waals surface area contributed by atoms with E-state index in [1.54, 1.807) is 4.90 Å². The van der Waals surface area contributed by atoms with Crippen molar-refractivity contribution in [1.29, 1.82) is 0 Å². The third-order valence-electron chi connectivity index (χ3n) is 1.99. The summed E-state index contributed by atoms with van der Waals surface area (Å²) in [6.45, 7) is 2.00. The number of aliphatic hydroxyl groups is 1. The van der Waals surface area contributed by atoms with Crippen molar-refractivity contribution >= 4 is 15.2 Å². The summed E-state index contributed by atoms with van der Waals surface area (Å²) < 4.78 is 12.6. The molecule has 1 aliphatic heterocycles. The molecule has 13 heavy (non-hydrogen) atoms. The number of hydrogen-bond acceptors (Lipinski definition) is 2. The normalized spacial score (nSPS) is 16.8. The summed E-state index contributed by atoms with van der Waals surface area (Å²) in [5, 5.41) is 11.1. The molecule has 0 aliphatic carbocycles. The van der Waals surface area contributed by atoms with Gasteiger partial charge in [0.1, 0.15) is 0 Å². The lowest BCUT2D eigenvalue weighted by Gasteiger charge is -2.13. The van der Waals surface area contributed by atoms with Gasteiger partial charge in [-0.05, 0) is 12.5 Å². The molecule has 0 aromatic carbocycles. The van der Waals surface area contributed by atoms with Crippen molar-refractivity contribution in [2.45, 2.75) is 12.5 Å². The second-order valence-electron chi connectivity index (χ2n) is 3.00. The first-order chi connectivity index (χ1) is 6.24. The Kier molecular flexibility index (Phi) is 4.17. The molecule has 1 heterocycles. The summed E-state index contributed by atoms with van der Waals surface area (Å²) in [5.74, 6) is 0. The van der Waals surface area contributed by atoms with Gasteiger partial charge in [0.2, 0.25) is 0 Å². The SMILES string of the molecule is O=C1NCCN1CCC[Si](F)CO. The Hall–Kier alpha value is -0.623. The Balaban J connectivity index is 2.08. The van der Waals surface area contributed by atoms with Gasteiger partial charge in [0.15, 0.2) is 0 Å². The summed E-state index contributed by atoms with van der Waals surface area (Å²) in [6.07, 6.45) is 0.329. The highest BCUT2D eigenvalue weighted by molar-refractivity contribution is 6.50. The Labute approximate surface area is 78.5 Å². The van der Waals surface area contributed by atoms with Gasteiger partial charge in [0.05, 0.1) is 6.23 Å². The average molecular weight is 205 g/mol. The molecule has 1 rings (SSSR count). The van der Waals surface area contributed by atoms with Gasteiger partial charge in [0, 0.05) is 19.6 Å². The number of carbonyl (C=O) groups is 1. The number of hydrogen-bond donors (Lipinski definition) is 2. The highest BCUT2D eigenvalue weighted by Gasteiger charge is 2.19. The minimum Gasteiger partial charge on any atom is -0.397 e. The maximum absolute atomic E-state index is 12.6. The van der Waals surface area contributed by atoms with Gasteiger partial charge >= 0.3 is 6.03 Å². The number of urea groups is 1. The van der Waals surface area contributed by atoms with Crippen molar-refractivity contribution in [2.24, 2.45) is 0 Å². The molecule has 0 spiro atoms. The van der Waals surface area contributed by atoms with Crippen molar-refractivity contribution in [2.75, 3.05) is 25.9 Å². The Bertz CT molecular complexity index is 182. The number of aliphatic hydroxyl groups excluding tert-OH is 1. The highest BCUT2D eigenvalue weighted by Crippen LogP contribution is 2.03. The Morgan fingerprint density at radius 2 is 2.46 bits per heavy atom. The van der Waals surface area contributed by atoms with Gasteiger partial charge in [-0.1, -0.05) is 0 Å². The molecule has 0 aromatic heterocycles. The molecule has 2 amide bonds. The Morgan fingerprint density at radius 3 is 3.00 bits per heavy atom. The van der Waals surface area contributed by atoms with Crippen molar-refractivity contribution in [3.05, 3.63) is 0 Å². The second-order valence-corrected chi connectivity index (χ2v) is 4.85. The minimum absolute atomic E-state index is 0.0587. The third-order valence-corrected chi connectivity index (χ3v) is 3.23. The topological polar surface area (TPSA) is 52.6 Å². The fourth-order valence-electron chi connectivity index (χ4n) is 1.27. The zero-order valence-electron chi connectivity index (χ0n) is 7.42. The molecular weight excluding hydrogens is 191 g/mol. The van der Waals surface area contributed by atoms with Crippen molar-refractivity contribution in [1.82, 2.24) is 10.2 Å². The first-order valence-corrected chi connectivity index (χ1v) is 6.17. The van der Waals surface area contributed by atoms with Crippen LogP contribution in [0.15, 0.2) is 0 Å². The van der Waals surface area contributed by atoms with Crippen LogP contribution in [0.3, 0.4) is 0 Å². The molecule has 4 nitrogen and oxygen atoms in total. The van der Waals surface area contributed by atoms with E-state index in [4.69, 9.17) is 5.11 Å². The van der Waals surface area contributed by atoms with E-state index >= 15 is 0 Å². The Morgan fingerprint density at radius 1 is 1.69 bits per heavy atom. The lowest BCUT2D eigenvalue weighted by atomic mass is 10.4. The lowest BCUT2D eigenvalue weighted by Crippen LogP contribution is -2.29. The van der Waals surface area contributed by atoms with Crippen LogP contribution in [0.25, 0.3) is 0 Å². The molecule has 75 valence electrons. The lowest BCUT2D eigenvalue weighted by molar-refractivity contribution is 0.217. The predicted molar refractivity (Wildman–Crippen MR) is 48.3 cm³/mol. The minimum atomic E-state index is -2.04.